The first-order valence-electron chi connectivity index (χ1n) is 10.5. The Bertz CT molecular complexity index is 846. The van der Waals surface area contributed by atoms with E-state index in [0.29, 0.717) is 29.4 Å². The van der Waals surface area contributed by atoms with E-state index in [2.05, 4.69) is 20.9 Å². The van der Waals surface area contributed by atoms with Crippen LogP contribution < -0.4 is 20.4 Å². The van der Waals surface area contributed by atoms with E-state index in [-0.39, 0.29) is 37.9 Å². The molecule has 13 nitrogen and oxygen atoms in total. The van der Waals surface area contributed by atoms with E-state index in [4.69, 9.17) is 14.7 Å². The number of nitrogens with zero attached hydrogens (tertiary/aromatic N) is 2. The van der Waals surface area contributed by atoms with Crippen LogP contribution in [0, 0.1) is 0 Å². The van der Waals surface area contributed by atoms with Crippen molar-refractivity contribution in [2.75, 3.05) is 34.2 Å². The smallest absolute Gasteiger partial charge is 0.373 e. The first-order chi connectivity index (χ1) is 15.9. The van der Waals surface area contributed by atoms with Crippen molar-refractivity contribution in [2.45, 2.75) is 38.1 Å². The Morgan fingerprint density at radius 3 is 2.12 bits per heavy atom. The topological polar surface area (TPSA) is 192 Å². The minimum atomic E-state index is -1.16. The number of carboxylic acids is 2. The lowest BCUT2D eigenvalue weighted by Gasteiger charge is -2.21. The summed E-state index contributed by atoms with van der Waals surface area (Å²) in [5.41, 5.74) is 0.446. The molecule has 0 radical (unpaired) electrons. The van der Waals surface area contributed by atoms with Gasteiger partial charge in [-0.25, -0.2) is 14.6 Å². The van der Waals surface area contributed by atoms with Gasteiger partial charge in [0.2, 0.25) is 5.82 Å². The molecule has 0 bridgehead atoms. The van der Waals surface area contributed by atoms with Gasteiger partial charge in [0.05, 0.1) is 26.7 Å². The summed E-state index contributed by atoms with van der Waals surface area (Å²) in [6.07, 6.45) is 3.18. The summed E-state index contributed by atoms with van der Waals surface area (Å²) in [4.78, 5) is 66.2. The normalized spacial score (nSPS) is 11.1. The van der Waals surface area contributed by atoms with E-state index >= 15 is 0 Å². The van der Waals surface area contributed by atoms with Crippen LogP contribution in [0.25, 0.3) is 0 Å². The number of aromatic nitrogens is 1. The van der Waals surface area contributed by atoms with Gasteiger partial charge in [-0.05, 0) is 31.7 Å². The number of rotatable bonds is 13. The standard InChI is InChI=1S/C20H31N5O6.CO2/c1-25(2,3)16-10-9-14(13-23-16)18(28)21-11-5-4-7-15(19(29)30)24-20(31)22-12-6-8-17(26)27;2-1-3/h9-10,13,15H,4-8,11-12H2,1-3H3,(H4-,21,22,24,26,27,28,29,30,31);/p+1/t15-;/m0./s1. The highest BCUT2D eigenvalue weighted by Crippen LogP contribution is 2.13. The molecule has 188 valence electrons. The van der Waals surface area contributed by atoms with Gasteiger partial charge >= 0.3 is 24.1 Å². The summed E-state index contributed by atoms with van der Waals surface area (Å²) in [6.45, 7) is 0.505. The molecule has 0 fully saturated rings. The van der Waals surface area contributed by atoms with Crippen LogP contribution in [-0.4, -0.2) is 85.5 Å². The van der Waals surface area contributed by atoms with E-state index in [1.807, 2.05) is 21.1 Å². The fourth-order valence-electron chi connectivity index (χ4n) is 2.60. The molecule has 13 heteroatoms. The number of carboxylic acid groups (broad SMARTS) is 2. The summed E-state index contributed by atoms with van der Waals surface area (Å²) in [6, 6.07) is 1.78. The third kappa shape index (κ3) is 13.6. The van der Waals surface area contributed by atoms with Crippen LogP contribution in [-0.2, 0) is 19.2 Å². The number of unbranched alkanes of at least 4 members (excludes halogenated alkanes) is 1. The van der Waals surface area contributed by atoms with Gasteiger partial charge in [-0.3, -0.25) is 14.1 Å². The minimum Gasteiger partial charge on any atom is -0.481 e. The monoisotopic (exact) mass is 482 g/mol. The van der Waals surface area contributed by atoms with Gasteiger partial charge in [-0.15, -0.1) is 0 Å². The fourth-order valence-corrected chi connectivity index (χ4v) is 2.60. The Morgan fingerprint density at radius 2 is 1.62 bits per heavy atom. The molecule has 0 aliphatic heterocycles. The lowest BCUT2D eigenvalue weighted by molar-refractivity contribution is -0.191. The number of carbonyl (C=O) groups is 4. The Hall–Kier alpha value is -3.83. The predicted octanol–water partition coefficient (Wildman–Crippen LogP) is 0.212. The lowest BCUT2D eigenvalue weighted by Crippen LogP contribution is -2.46. The molecule has 1 aromatic rings. The molecule has 1 heterocycles. The Labute approximate surface area is 197 Å². The molecule has 0 aliphatic rings. The Balaban J connectivity index is 0.00000343. The number of hydrogen-bond donors (Lipinski definition) is 5. The molecule has 0 unspecified atom stereocenters. The second-order valence-electron chi connectivity index (χ2n) is 8.04. The molecule has 3 amide bonds. The number of pyridine rings is 1. The molecule has 34 heavy (non-hydrogen) atoms. The zero-order chi connectivity index (χ0) is 26.1. The van der Waals surface area contributed by atoms with Crippen molar-refractivity contribution in [3.05, 3.63) is 23.9 Å². The summed E-state index contributed by atoms with van der Waals surface area (Å²) in [5.74, 6) is -1.55. The van der Waals surface area contributed by atoms with E-state index in [1.54, 1.807) is 12.1 Å². The molecule has 0 saturated heterocycles. The highest BCUT2D eigenvalue weighted by atomic mass is 16.4. The largest absolute Gasteiger partial charge is 0.481 e. The van der Waals surface area contributed by atoms with Crippen molar-refractivity contribution < 1.29 is 39.0 Å². The van der Waals surface area contributed by atoms with Crippen molar-refractivity contribution in [1.82, 2.24) is 25.4 Å². The highest BCUT2D eigenvalue weighted by Gasteiger charge is 2.19. The number of aliphatic carboxylic acids is 2. The molecule has 0 spiro atoms. The first-order valence-corrected chi connectivity index (χ1v) is 10.5. The molecular weight excluding hydrogens is 450 g/mol. The number of carbonyl (C=O) groups excluding carboxylic acids is 4. The van der Waals surface area contributed by atoms with Crippen LogP contribution in [0.2, 0.25) is 0 Å². The van der Waals surface area contributed by atoms with Crippen LogP contribution in [0.5, 0.6) is 0 Å². The molecule has 1 rings (SSSR count). The van der Waals surface area contributed by atoms with Gasteiger partial charge in [-0.1, -0.05) is 0 Å². The summed E-state index contributed by atoms with van der Waals surface area (Å²) in [7, 11) is 5.93. The zero-order valence-corrected chi connectivity index (χ0v) is 19.5. The average molecular weight is 483 g/mol. The summed E-state index contributed by atoms with van der Waals surface area (Å²) >= 11 is 0. The van der Waals surface area contributed by atoms with Crippen LogP contribution in [0.3, 0.4) is 0 Å². The summed E-state index contributed by atoms with van der Waals surface area (Å²) < 4.78 is 0.543. The van der Waals surface area contributed by atoms with Crippen molar-refractivity contribution in [2.24, 2.45) is 0 Å². The number of nitrogens with one attached hydrogen (secondary N) is 3. The highest BCUT2D eigenvalue weighted by molar-refractivity contribution is 5.94. The number of quaternary nitrogens is 1. The van der Waals surface area contributed by atoms with Crippen LogP contribution in [0.1, 0.15) is 42.5 Å². The Morgan fingerprint density at radius 1 is 1.00 bits per heavy atom. The number of urea groups is 1. The van der Waals surface area contributed by atoms with E-state index in [9.17, 15) is 24.3 Å². The quantitative estimate of drug-likeness (QED) is 0.193. The van der Waals surface area contributed by atoms with Crippen molar-refractivity contribution in [3.8, 4) is 0 Å². The van der Waals surface area contributed by atoms with Gasteiger partial charge in [-0.2, -0.15) is 9.59 Å². The third-order valence-corrected chi connectivity index (χ3v) is 4.36. The van der Waals surface area contributed by atoms with Gasteiger partial charge in [0.1, 0.15) is 6.04 Å². The van der Waals surface area contributed by atoms with Gasteiger partial charge < -0.3 is 26.2 Å². The average Bonchev–Trinajstić information content (AvgIpc) is 2.75. The molecule has 0 aromatic carbocycles. The molecule has 5 N–H and O–H groups in total. The van der Waals surface area contributed by atoms with Crippen LogP contribution in [0.4, 0.5) is 10.6 Å². The minimum absolute atomic E-state index is 0.0790. The molecule has 0 saturated carbocycles. The van der Waals surface area contributed by atoms with Gasteiger partial charge in [0.25, 0.3) is 5.91 Å². The fraction of sp³-hybridized carbons (Fsp3) is 0.524. The van der Waals surface area contributed by atoms with Crippen LogP contribution >= 0.6 is 0 Å². The van der Waals surface area contributed by atoms with E-state index in [1.165, 1.54) is 6.20 Å². The molecule has 1 atom stereocenters. The number of amides is 3. The number of hydrogen-bond acceptors (Lipinski definition) is 7. The van der Waals surface area contributed by atoms with Crippen molar-refractivity contribution in [1.29, 1.82) is 0 Å². The predicted molar refractivity (Wildman–Crippen MR) is 120 cm³/mol. The maximum atomic E-state index is 12.2. The van der Waals surface area contributed by atoms with Gasteiger partial charge in [0.15, 0.2) is 0 Å². The Kier molecular flexibility index (Phi) is 14.1. The molecular formula is C21H32N5O8+. The maximum Gasteiger partial charge on any atom is 0.373 e. The zero-order valence-electron chi connectivity index (χ0n) is 19.5. The second-order valence-corrected chi connectivity index (χ2v) is 8.04. The van der Waals surface area contributed by atoms with Crippen molar-refractivity contribution >= 4 is 35.8 Å². The van der Waals surface area contributed by atoms with Crippen molar-refractivity contribution in [3.63, 3.8) is 0 Å². The van der Waals surface area contributed by atoms with E-state index in [0.717, 1.165) is 5.82 Å². The summed E-state index contributed by atoms with van der Waals surface area (Å²) in [5, 5.41) is 25.3. The van der Waals surface area contributed by atoms with Crippen LogP contribution in [0.15, 0.2) is 18.3 Å². The van der Waals surface area contributed by atoms with E-state index < -0.39 is 24.0 Å². The third-order valence-electron chi connectivity index (χ3n) is 4.36. The maximum absolute atomic E-state index is 12.2. The molecule has 1 aromatic heterocycles. The SMILES string of the molecule is C[N+](C)(C)c1ccc(C(=O)NCCCC[C@H](NC(=O)NCCCC(=O)O)C(=O)O)cn1.O=C=O. The second kappa shape index (κ2) is 15.9. The molecule has 0 aliphatic carbocycles. The lowest BCUT2D eigenvalue weighted by atomic mass is 10.1. The first kappa shape index (κ1) is 30.2. The van der Waals surface area contributed by atoms with Gasteiger partial charge in [0, 0.05) is 31.8 Å².